The zero-order valence-electron chi connectivity index (χ0n) is 23.0. The summed E-state index contributed by atoms with van der Waals surface area (Å²) in [6, 6.07) is 29.3. The number of rotatable bonds is 12. The minimum atomic E-state index is -3.78. The fourth-order valence-electron chi connectivity index (χ4n) is 4.52. The lowest BCUT2D eigenvalue weighted by Gasteiger charge is -2.24. The van der Waals surface area contributed by atoms with Crippen LogP contribution >= 0.6 is 15.9 Å². The van der Waals surface area contributed by atoms with Gasteiger partial charge in [-0.15, -0.1) is 0 Å². The highest BCUT2D eigenvalue weighted by molar-refractivity contribution is 9.10. The molecule has 0 atom stereocenters. The molecular formula is C32H33BrN4O4S. The molecule has 42 heavy (non-hydrogen) atoms. The van der Waals surface area contributed by atoms with Crippen LogP contribution in [0.4, 0.5) is 0 Å². The van der Waals surface area contributed by atoms with E-state index in [9.17, 15) is 18.0 Å². The van der Waals surface area contributed by atoms with Gasteiger partial charge in [0.1, 0.15) is 0 Å². The standard InChI is InChI=1S/C32H33BrN4O4S/c33-30-10-2-1-6-27(30)21-31(38)37(18-15-23-11-13-29(14-12-23)42(35,40)41)22-24-5-3-7-25(19-24)26-8-4-9-28(20-26)32(39)36-17-16-34/h1-14,19-20H,15-18,21-22,34H2,(H,36,39)(H2,35,40,41). The van der Waals surface area contributed by atoms with E-state index in [0.29, 0.717) is 38.2 Å². The van der Waals surface area contributed by atoms with Gasteiger partial charge < -0.3 is 16.0 Å². The van der Waals surface area contributed by atoms with Crippen LogP contribution < -0.4 is 16.2 Å². The number of nitrogens with two attached hydrogens (primary N) is 2. The van der Waals surface area contributed by atoms with Crippen molar-refractivity contribution in [2.45, 2.75) is 24.3 Å². The number of hydrogen-bond acceptors (Lipinski definition) is 5. The predicted octanol–water partition coefficient (Wildman–Crippen LogP) is 4.27. The summed E-state index contributed by atoms with van der Waals surface area (Å²) in [5, 5.41) is 8.02. The molecule has 5 N–H and O–H groups in total. The summed E-state index contributed by atoms with van der Waals surface area (Å²) in [6.07, 6.45) is 0.762. The van der Waals surface area contributed by atoms with Gasteiger partial charge in [0, 0.05) is 36.2 Å². The van der Waals surface area contributed by atoms with Crippen molar-refractivity contribution in [3.05, 3.63) is 124 Å². The van der Waals surface area contributed by atoms with E-state index in [1.807, 2.05) is 71.6 Å². The Morgan fingerprint density at radius 2 is 1.52 bits per heavy atom. The fraction of sp³-hybridized carbons (Fsp3) is 0.188. The maximum atomic E-state index is 13.6. The first-order valence-electron chi connectivity index (χ1n) is 13.4. The van der Waals surface area contributed by atoms with E-state index in [0.717, 1.165) is 32.3 Å². The van der Waals surface area contributed by atoms with Gasteiger partial charge in [-0.1, -0.05) is 76.6 Å². The first-order chi connectivity index (χ1) is 20.1. The predicted molar refractivity (Wildman–Crippen MR) is 168 cm³/mol. The van der Waals surface area contributed by atoms with Gasteiger partial charge in [0.25, 0.3) is 5.91 Å². The van der Waals surface area contributed by atoms with Crippen LogP contribution in [0.15, 0.2) is 106 Å². The lowest BCUT2D eigenvalue weighted by atomic mass is 10.0. The summed E-state index contributed by atoms with van der Waals surface area (Å²) in [7, 11) is -3.78. The molecule has 0 heterocycles. The molecule has 0 aliphatic rings. The first-order valence-corrected chi connectivity index (χ1v) is 15.8. The van der Waals surface area contributed by atoms with Crippen LogP contribution in [-0.4, -0.2) is 44.8 Å². The Labute approximate surface area is 254 Å². The second-order valence-electron chi connectivity index (χ2n) is 9.85. The molecule has 0 aromatic heterocycles. The van der Waals surface area contributed by atoms with E-state index in [1.165, 1.54) is 12.1 Å². The van der Waals surface area contributed by atoms with E-state index >= 15 is 0 Å². The van der Waals surface area contributed by atoms with Crippen molar-refractivity contribution < 1.29 is 18.0 Å². The van der Waals surface area contributed by atoms with Gasteiger partial charge in [-0.3, -0.25) is 9.59 Å². The van der Waals surface area contributed by atoms with Crippen LogP contribution in [0.3, 0.4) is 0 Å². The Kier molecular flexibility index (Phi) is 10.6. The molecular weight excluding hydrogens is 616 g/mol. The van der Waals surface area contributed by atoms with Crippen LogP contribution in [0.5, 0.6) is 0 Å². The van der Waals surface area contributed by atoms with Crippen molar-refractivity contribution in [3.8, 4) is 11.1 Å². The maximum absolute atomic E-state index is 13.6. The largest absolute Gasteiger partial charge is 0.351 e. The molecule has 0 spiro atoms. The van der Waals surface area contributed by atoms with Gasteiger partial charge in [0.05, 0.1) is 11.3 Å². The third-order valence-electron chi connectivity index (χ3n) is 6.76. The summed E-state index contributed by atoms with van der Waals surface area (Å²) in [5.74, 6) is -0.216. The van der Waals surface area contributed by atoms with Crippen LogP contribution in [0, 0.1) is 0 Å². The van der Waals surface area contributed by atoms with E-state index in [2.05, 4.69) is 21.2 Å². The summed E-state index contributed by atoms with van der Waals surface area (Å²) in [4.78, 5) is 27.9. The molecule has 8 nitrogen and oxygen atoms in total. The number of nitrogens with zero attached hydrogens (tertiary/aromatic N) is 1. The van der Waals surface area contributed by atoms with Crippen LogP contribution in [0.2, 0.25) is 0 Å². The fourth-order valence-corrected chi connectivity index (χ4v) is 5.46. The van der Waals surface area contributed by atoms with E-state index in [-0.39, 0.29) is 23.1 Å². The highest BCUT2D eigenvalue weighted by atomic mass is 79.9. The molecule has 0 radical (unpaired) electrons. The van der Waals surface area contributed by atoms with Gasteiger partial charge in [0.2, 0.25) is 15.9 Å². The second-order valence-corrected chi connectivity index (χ2v) is 12.3. The van der Waals surface area contributed by atoms with E-state index in [1.54, 1.807) is 18.2 Å². The number of amides is 2. The molecule has 0 fully saturated rings. The number of sulfonamides is 1. The molecule has 0 aliphatic carbocycles. The van der Waals surface area contributed by atoms with Crippen molar-refractivity contribution in [1.29, 1.82) is 0 Å². The highest BCUT2D eigenvalue weighted by Crippen LogP contribution is 2.24. The number of hydrogen-bond donors (Lipinski definition) is 3. The molecule has 0 aliphatic heterocycles. The molecule has 0 bridgehead atoms. The van der Waals surface area contributed by atoms with E-state index < -0.39 is 10.0 Å². The topological polar surface area (TPSA) is 136 Å². The van der Waals surface area contributed by atoms with Gasteiger partial charge in [-0.2, -0.15) is 0 Å². The van der Waals surface area contributed by atoms with Crippen LogP contribution in [0.25, 0.3) is 11.1 Å². The number of carbonyl (C=O) groups is 2. The van der Waals surface area contributed by atoms with Crippen molar-refractivity contribution in [2.24, 2.45) is 10.9 Å². The normalized spacial score (nSPS) is 11.2. The molecule has 4 aromatic carbocycles. The molecule has 0 saturated heterocycles. The SMILES string of the molecule is NCCNC(=O)c1cccc(-c2cccc(CN(CCc3ccc(S(N)(=O)=O)cc3)C(=O)Cc3ccccc3Br)c2)c1. The van der Waals surface area contributed by atoms with Gasteiger partial charge >= 0.3 is 0 Å². The molecule has 10 heteroatoms. The Morgan fingerprint density at radius 3 is 2.21 bits per heavy atom. The maximum Gasteiger partial charge on any atom is 0.251 e. The number of primary sulfonamides is 1. The number of nitrogens with one attached hydrogen (secondary N) is 1. The van der Waals surface area contributed by atoms with Crippen molar-refractivity contribution in [3.63, 3.8) is 0 Å². The van der Waals surface area contributed by atoms with Crippen molar-refractivity contribution >= 4 is 37.8 Å². The zero-order chi connectivity index (χ0) is 30.1. The third-order valence-corrected chi connectivity index (χ3v) is 8.47. The van der Waals surface area contributed by atoms with E-state index in [4.69, 9.17) is 10.9 Å². The summed E-state index contributed by atoms with van der Waals surface area (Å²) in [6.45, 7) is 1.57. The van der Waals surface area contributed by atoms with Gasteiger partial charge in [0.15, 0.2) is 0 Å². The number of halogens is 1. The number of carbonyl (C=O) groups excluding carboxylic acids is 2. The number of benzene rings is 4. The van der Waals surface area contributed by atoms with Crippen LogP contribution in [-0.2, 0) is 34.2 Å². The minimum Gasteiger partial charge on any atom is -0.351 e. The van der Waals surface area contributed by atoms with Gasteiger partial charge in [-0.25, -0.2) is 13.6 Å². The lowest BCUT2D eigenvalue weighted by molar-refractivity contribution is -0.131. The smallest absolute Gasteiger partial charge is 0.251 e. The molecule has 4 aromatic rings. The molecule has 2 amide bonds. The monoisotopic (exact) mass is 648 g/mol. The molecule has 0 unspecified atom stereocenters. The molecule has 4 rings (SSSR count). The second kappa shape index (κ2) is 14.4. The average Bonchev–Trinajstić information content (AvgIpc) is 2.99. The van der Waals surface area contributed by atoms with Gasteiger partial charge in [-0.05, 0) is 70.6 Å². The average molecular weight is 650 g/mol. The summed E-state index contributed by atoms with van der Waals surface area (Å²) < 4.78 is 24.1. The molecule has 218 valence electrons. The van der Waals surface area contributed by atoms with Crippen molar-refractivity contribution in [2.75, 3.05) is 19.6 Å². The summed E-state index contributed by atoms with van der Waals surface area (Å²) >= 11 is 3.54. The highest BCUT2D eigenvalue weighted by Gasteiger charge is 2.17. The summed E-state index contributed by atoms with van der Waals surface area (Å²) in [5.41, 5.74) is 10.6. The molecule has 0 saturated carbocycles. The zero-order valence-corrected chi connectivity index (χ0v) is 25.4. The lowest BCUT2D eigenvalue weighted by Crippen LogP contribution is -2.33. The Hall–Kier alpha value is -3.83. The van der Waals surface area contributed by atoms with Crippen molar-refractivity contribution in [1.82, 2.24) is 10.2 Å². The van der Waals surface area contributed by atoms with Crippen LogP contribution in [0.1, 0.15) is 27.0 Å². The first kappa shape index (κ1) is 31.1. The quantitative estimate of drug-likeness (QED) is 0.211. The Morgan fingerprint density at radius 1 is 0.833 bits per heavy atom. The minimum absolute atomic E-state index is 0.0352. The Balaban J connectivity index is 1.56. The third kappa shape index (κ3) is 8.59. The Bertz CT molecular complexity index is 1660.